The monoisotopic (exact) mass is 464 g/mol. The van der Waals surface area contributed by atoms with Gasteiger partial charge in [0.1, 0.15) is 28.2 Å². The van der Waals surface area contributed by atoms with E-state index in [1.807, 2.05) is 43.3 Å². The van der Waals surface area contributed by atoms with Gasteiger partial charge in [-0.2, -0.15) is 0 Å². The van der Waals surface area contributed by atoms with Crippen LogP contribution in [0.4, 0.5) is 0 Å². The Labute approximate surface area is 206 Å². The van der Waals surface area contributed by atoms with Crippen LogP contribution in [0.2, 0.25) is 0 Å². The van der Waals surface area contributed by atoms with Gasteiger partial charge in [0.2, 0.25) is 0 Å². The fourth-order valence-corrected chi connectivity index (χ4v) is 5.55. The Kier molecular flexibility index (Phi) is 3.84. The predicted octanol–water partition coefficient (Wildman–Crippen LogP) is 8.80. The summed E-state index contributed by atoms with van der Waals surface area (Å²) in [6.45, 7) is 2.04. The van der Waals surface area contributed by atoms with Crippen LogP contribution in [-0.2, 0) is 0 Å². The van der Waals surface area contributed by atoms with Crippen LogP contribution < -0.4 is 0 Å². The topological polar surface area (TPSA) is 44.1 Å². The van der Waals surface area contributed by atoms with Gasteiger partial charge in [-0.15, -0.1) is 0 Å². The number of aryl methyl sites for hydroxylation is 1. The summed E-state index contributed by atoms with van der Waals surface area (Å²) in [6, 6.07) is 35.5. The largest absolute Gasteiger partial charge is 0.455 e. The Balaban J connectivity index is 1.42. The maximum atomic E-state index is 6.45. The van der Waals surface area contributed by atoms with E-state index in [-0.39, 0.29) is 0 Å². The average molecular weight is 465 g/mol. The highest BCUT2D eigenvalue weighted by atomic mass is 16.3. The fourth-order valence-electron chi connectivity index (χ4n) is 5.55. The number of hydrogen-bond donors (Lipinski definition) is 0. The minimum absolute atomic E-state index is 0.847. The quantitative estimate of drug-likeness (QED) is 0.257. The molecule has 0 amide bonds. The number of rotatable bonds is 2. The van der Waals surface area contributed by atoms with E-state index in [1.54, 1.807) is 0 Å². The van der Waals surface area contributed by atoms with Crippen LogP contribution in [0.15, 0.2) is 112 Å². The highest BCUT2D eigenvalue weighted by molar-refractivity contribution is 6.21. The van der Waals surface area contributed by atoms with Gasteiger partial charge < -0.3 is 8.83 Å². The summed E-state index contributed by atoms with van der Waals surface area (Å²) in [5.74, 6) is 0.961. The summed E-state index contributed by atoms with van der Waals surface area (Å²) in [4.78, 5) is 4.73. The lowest BCUT2D eigenvalue weighted by atomic mass is 9.98. The van der Waals surface area contributed by atoms with Crippen molar-refractivity contribution >= 4 is 54.9 Å². The highest BCUT2D eigenvalue weighted by Gasteiger charge is 2.21. The molecule has 0 saturated carbocycles. The van der Waals surface area contributed by atoms with Crippen molar-refractivity contribution in [2.75, 3.05) is 0 Å². The Morgan fingerprint density at radius 3 is 1.86 bits per heavy atom. The highest BCUT2D eigenvalue weighted by Crippen LogP contribution is 2.44. The van der Waals surface area contributed by atoms with E-state index in [9.17, 15) is 0 Å². The normalized spacial score (nSPS) is 12.0. The van der Waals surface area contributed by atoms with Gasteiger partial charge in [-0.25, -0.2) is 4.98 Å². The minimum Gasteiger partial charge on any atom is -0.455 e. The molecular weight excluding hydrogens is 444 g/mol. The Bertz CT molecular complexity index is 2020. The Morgan fingerprint density at radius 2 is 1.19 bits per heavy atom. The standard InChI is InChI=1S/C32H20N2O2/c1-19-33-26-10-4-5-11-27(26)34(19)21-16-14-20(15-17-21)30-31-24(22-8-2-6-12-28(22)35-31)18-25-23-9-3-7-13-29(23)36-32(25)30/h2-18H,1H3. The summed E-state index contributed by atoms with van der Waals surface area (Å²) in [7, 11) is 0. The molecule has 170 valence electrons. The van der Waals surface area contributed by atoms with Gasteiger partial charge in [0.15, 0.2) is 0 Å². The van der Waals surface area contributed by atoms with E-state index in [4.69, 9.17) is 13.8 Å². The molecule has 36 heavy (non-hydrogen) atoms. The van der Waals surface area contributed by atoms with Crippen molar-refractivity contribution in [3.05, 3.63) is 109 Å². The van der Waals surface area contributed by atoms with E-state index in [2.05, 4.69) is 71.3 Å². The van der Waals surface area contributed by atoms with Crippen LogP contribution >= 0.6 is 0 Å². The molecule has 4 nitrogen and oxygen atoms in total. The molecule has 0 aliphatic heterocycles. The SMILES string of the molecule is Cc1nc2ccccc2n1-c1ccc(-c2c3oc4ccccc4c3cc3c2oc2ccccc23)cc1. The lowest BCUT2D eigenvalue weighted by molar-refractivity contribution is 0.658. The molecule has 8 rings (SSSR count). The third-order valence-corrected chi connectivity index (χ3v) is 7.15. The molecule has 0 spiro atoms. The van der Waals surface area contributed by atoms with Crippen LogP contribution in [-0.4, -0.2) is 9.55 Å². The summed E-state index contributed by atoms with van der Waals surface area (Å²) < 4.78 is 15.1. The van der Waals surface area contributed by atoms with Crippen LogP contribution in [0.25, 0.3) is 71.7 Å². The van der Waals surface area contributed by atoms with E-state index in [0.29, 0.717) is 0 Å². The van der Waals surface area contributed by atoms with E-state index >= 15 is 0 Å². The lowest BCUT2D eigenvalue weighted by Crippen LogP contribution is -1.96. The maximum Gasteiger partial charge on any atom is 0.147 e. The molecule has 4 heteroatoms. The number of fused-ring (bicyclic) bond motifs is 7. The number of imidazole rings is 1. The first-order valence-electron chi connectivity index (χ1n) is 12.1. The second kappa shape index (κ2) is 7.09. The molecule has 3 heterocycles. The van der Waals surface area contributed by atoms with Crippen LogP contribution in [0.1, 0.15) is 5.82 Å². The Hall–Kier alpha value is -4.83. The van der Waals surface area contributed by atoms with Crippen molar-refractivity contribution in [3.8, 4) is 16.8 Å². The number of benzene rings is 5. The van der Waals surface area contributed by atoms with Gasteiger partial charge in [-0.05, 0) is 55.0 Å². The molecular formula is C32H20N2O2. The van der Waals surface area contributed by atoms with Crippen molar-refractivity contribution in [1.29, 1.82) is 0 Å². The predicted molar refractivity (Wildman–Crippen MR) is 146 cm³/mol. The van der Waals surface area contributed by atoms with Gasteiger partial charge >= 0.3 is 0 Å². The van der Waals surface area contributed by atoms with Crippen molar-refractivity contribution in [1.82, 2.24) is 9.55 Å². The summed E-state index contributed by atoms with van der Waals surface area (Å²) >= 11 is 0. The minimum atomic E-state index is 0.847. The molecule has 0 aliphatic rings. The number of hydrogen-bond acceptors (Lipinski definition) is 3. The molecule has 0 fully saturated rings. The van der Waals surface area contributed by atoms with E-state index < -0.39 is 0 Å². The van der Waals surface area contributed by atoms with Gasteiger partial charge in [-0.3, -0.25) is 4.57 Å². The van der Waals surface area contributed by atoms with Gasteiger partial charge in [0.25, 0.3) is 0 Å². The first-order valence-corrected chi connectivity index (χ1v) is 12.1. The van der Waals surface area contributed by atoms with E-state index in [0.717, 1.165) is 77.5 Å². The number of nitrogens with zero attached hydrogens (tertiary/aromatic N) is 2. The molecule has 0 unspecified atom stereocenters. The van der Waals surface area contributed by atoms with Crippen molar-refractivity contribution in [2.24, 2.45) is 0 Å². The van der Waals surface area contributed by atoms with Crippen molar-refractivity contribution in [3.63, 3.8) is 0 Å². The van der Waals surface area contributed by atoms with Crippen LogP contribution in [0.5, 0.6) is 0 Å². The third-order valence-electron chi connectivity index (χ3n) is 7.15. The molecule has 8 aromatic rings. The summed E-state index contributed by atoms with van der Waals surface area (Å²) in [6.07, 6.45) is 0. The van der Waals surface area contributed by atoms with Crippen molar-refractivity contribution in [2.45, 2.75) is 6.92 Å². The molecule has 0 N–H and O–H groups in total. The van der Waals surface area contributed by atoms with Crippen LogP contribution in [0.3, 0.4) is 0 Å². The smallest absolute Gasteiger partial charge is 0.147 e. The summed E-state index contributed by atoms with van der Waals surface area (Å²) in [5, 5.41) is 4.41. The average Bonchev–Trinajstić information content (AvgIpc) is 3.58. The van der Waals surface area contributed by atoms with Gasteiger partial charge in [0, 0.05) is 27.2 Å². The molecule has 0 radical (unpaired) electrons. The number of para-hydroxylation sites is 4. The third kappa shape index (κ3) is 2.61. The van der Waals surface area contributed by atoms with Gasteiger partial charge in [0.05, 0.1) is 16.6 Å². The molecule has 0 aliphatic carbocycles. The van der Waals surface area contributed by atoms with Crippen LogP contribution in [0, 0.1) is 6.92 Å². The zero-order valence-electron chi connectivity index (χ0n) is 19.5. The zero-order valence-corrected chi connectivity index (χ0v) is 19.5. The molecule has 0 atom stereocenters. The van der Waals surface area contributed by atoms with Gasteiger partial charge in [-0.1, -0.05) is 60.7 Å². The van der Waals surface area contributed by atoms with Crippen molar-refractivity contribution < 1.29 is 8.83 Å². The summed E-state index contributed by atoms with van der Waals surface area (Å²) in [5.41, 5.74) is 8.65. The molecule has 0 saturated heterocycles. The number of furan rings is 2. The second-order valence-electron chi connectivity index (χ2n) is 9.23. The molecule has 3 aromatic heterocycles. The first kappa shape index (κ1) is 19.5. The Morgan fingerprint density at radius 1 is 0.611 bits per heavy atom. The fraction of sp³-hybridized carbons (Fsp3) is 0.0312. The number of aromatic nitrogens is 2. The first-order chi connectivity index (χ1) is 17.8. The molecule has 5 aromatic carbocycles. The van der Waals surface area contributed by atoms with E-state index in [1.165, 1.54) is 0 Å². The lowest BCUT2D eigenvalue weighted by Gasteiger charge is -2.09. The second-order valence-corrected chi connectivity index (χ2v) is 9.23. The zero-order chi connectivity index (χ0) is 23.8. The maximum absolute atomic E-state index is 6.45. The molecule has 0 bridgehead atoms.